The van der Waals surface area contributed by atoms with E-state index in [0.717, 1.165) is 24.3 Å². The summed E-state index contributed by atoms with van der Waals surface area (Å²) in [5, 5.41) is 3.11. The summed E-state index contributed by atoms with van der Waals surface area (Å²) < 4.78 is 0. The Hall–Kier alpha value is -2.70. The summed E-state index contributed by atoms with van der Waals surface area (Å²) in [4.78, 5) is 29.1. The Morgan fingerprint density at radius 2 is 1.69 bits per heavy atom. The Morgan fingerprint density at radius 3 is 2.38 bits per heavy atom. The van der Waals surface area contributed by atoms with Gasteiger partial charge < -0.3 is 4.90 Å². The molecule has 0 unspecified atom stereocenters. The van der Waals surface area contributed by atoms with Gasteiger partial charge in [0.1, 0.15) is 5.57 Å². The number of amides is 2. The summed E-state index contributed by atoms with van der Waals surface area (Å²) in [6.07, 6.45) is 5.29. The first-order valence-corrected chi connectivity index (χ1v) is 10.3. The van der Waals surface area contributed by atoms with Crippen molar-refractivity contribution in [3.8, 4) is 0 Å². The molecule has 29 heavy (non-hydrogen) atoms. The molecule has 5 nitrogen and oxygen atoms in total. The SMILES string of the molecule is O=C1NC(=S)N(c2cccc(Cl)c2)C(=O)/C1=C\c1ccc(N2CCCCC2)cc1. The fourth-order valence-corrected chi connectivity index (χ4v) is 4.07. The van der Waals surface area contributed by atoms with Crippen LogP contribution in [0.2, 0.25) is 5.02 Å². The van der Waals surface area contributed by atoms with E-state index in [9.17, 15) is 9.59 Å². The first-order valence-electron chi connectivity index (χ1n) is 9.55. The zero-order valence-electron chi connectivity index (χ0n) is 15.7. The van der Waals surface area contributed by atoms with Gasteiger partial charge in [-0.25, -0.2) is 0 Å². The Balaban J connectivity index is 1.60. The van der Waals surface area contributed by atoms with E-state index in [0.29, 0.717) is 10.7 Å². The maximum atomic E-state index is 13.0. The third-order valence-corrected chi connectivity index (χ3v) is 5.61. The molecule has 0 aliphatic carbocycles. The van der Waals surface area contributed by atoms with Gasteiger partial charge in [-0.1, -0.05) is 29.8 Å². The first kappa shape index (κ1) is 19.6. The number of nitrogens with zero attached hydrogens (tertiary/aromatic N) is 2. The molecule has 0 aromatic heterocycles. The number of piperidine rings is 1. The van der Waals surface area contributed by atoms with E-state index in [1.165, 1.54) is 24.2 Å². The zero-order chi connectivity index (χ0) is 20.4. The lowest BCUT2D eigenvalue weighted by Crippen LogP contribution is -2.54. The molecule has 2 heterocycles. The number of hydrogen-bond donors (Lipinski definition) is 1. The molecule has 2 aromatic carbocycles. The number of anilines is 2. The standard InChI is InChI=1S/C22H20ClN3O2S/c23-16-5-4-6-18(14-16)26-21(28)19(20(27)24-22(26)29)13-15-7-9-17(10-8-15)25-11-2-1-3-12-25/h4-10,13-14H,1-3,11-12H2,(H,24,27,29)/b19-13-. The molecule has 0 radical (unpaired) electrons. The molecule has 0 saturated carbocycles. The number of carbonyl (C=O) groups excluding carboxylic acids is 2. The molecule has 2 amide bonds. The molecule has 0 bridgehead atoms. The largest absolute Gasteiger partial charge is 0.372 e. The minimum Gasteiger partial charge on any atom is -0.372 e. The highest BCUT2D eigenvalue weighted by atomic mass is 35.5. The minimum absolute atomic E-state index is 0.0318. The Bertz CT molecular complexity index is 997. The third kappa shape index (κ3) is 4.18. The normalized spacial score (nSPS) is 18.9. The lowest BCUT2D eigenvalue weighted by Gasteiger charge is -2.29. The van der Waals surface area contributed by atoms with Crippen molar-refractivity contribution >= 4 is 58.2 Å². The highest BCUT2D eigenvalue weighted by Crippen LogP contribution is 2.25. The van der Waals surface area contributed by atoms with Crippen LogP contribution in [0, 0.1) is 0 Å². The van der Waals surface area contributed by atoms with Crippen molar-refractivity contribution in [2.75, 3.05) is 22.9 Å². The Morgan fingerprint density at radius 1 is 0.966 bits per heavy atom. The summed E-state index contributed by atoms with van der Waals surface area (Å²) in [6.45, 7) is 2.13. The molecule has 4 rings (SSSR count). The van der Waals surface area contributed by atoms with Gasteiger partial charge in [-0.05, 0) is 73.5 Å². The fraction of sp³-hybridized carbons (Fsp3) is 0.227. The maximum absolute atomic E-state index is 13.0. The molecule has 2 aliphatic heterocycles. The van der Waals surface area contributed by atoms with Gasteiger partial charge >= 0.3 is 0 Å². The molecule has 2 fully saturated rings. The van der Waals surface area contributed by atoms with Crippen molar-refractivity contribution < 1.29 is 9.59 Å². The second kappa shape index (κ2) is 8.35. The van der Waals surface area contributed by atoms with Crippen LogP contribution in [-0.4, -0.2) is 30.0 Å². The van der Waals surface area contributed by atoms with Crippen LogP contribution in [0.1, 0.15) is 24.8 Å². The quantitative estimate of drug-likeness (QED) is 0.455. The molecule has 7 heteroatoms. The van der Waals surface area contributed by atoms with E-state index < -0.39 is 11.8 Å². The zero-order valence-corrected chi connectivity index (χ0v) is 17.3. The van der Waals surface area contributed by atoms with Crippen molar-refractivity contribution in [2.24, 2.45) is 0 Å². The summed E-state index contributed by atoms with van der Waals surface area (Å²) in [6, 6.07) is 14.7. The second-order valence-corrected chi connectivity index (χ2v) is 7.90. The molecule has 2 aliphatic rings. The van der Waals surface area contributed by atoms with Gasteiger partial charge in [0.05, 0.1) is 5.69 Å². The topological polar surface area (TPSA) is 52.7 Å². The molecular formula is C22H20ClN3O2S. The van der Waals surface area contributed by atoms with Crippen molar-refractivity contribution in [3.63, 3.8) is 0 Å². The molecule has 1 N–H and O–H groups in total. The van der Waals surface area contributed by atoms with E-state index in [1.807, 2.05) is 24.3 Å². The predicted octanol–water partition coefficient (Wildman–Crippen LogP) is 4.16. The van der Waals surface area contributed by atoms with Gasteiger partial charge in [-0.2, -0.15) is 0 Å². The molecule has 2 saturated heterocycles. The van der Waals surface area contributed by atoms with Crippen molar-refractivity contribution in [1.82, 2.24) is 5.32 Å². The molecular weight excluding hydrogens is 406 g/mol. The van der Waals surface area contributed by atoms with E-state index in [4.69, 9.17) is 23.8 Å². The van der Waals surface area contributed by atoms with Crippen LogP contribution in [-0.2, 0) is 9.59 Å². The van der Waals surface area contributed by atoms with Gasteiger partial charge in [-0.3, -0.25) is 19.8 Å². The lowest BCUT2D eigenvalue weighted by molar-refractivity contribution is -0.122. The van der Waals surface area contributed by atoms with Crippen molar-refractivity contribution in [1.29, 1.82) is 0 Å². The number of thiocarbonyl (C=S) groups is 1. The number of nitrogens with one attached hydrogen (secondary N) is 1. The van der Waals surface area contributed by atoms with Gasteiger partial charge in [-0.15, -0.1) is 0 Å². The molecule has 148 valence electrons. The van der Waals surface area contributed by atoms with Crippen LogP contribution < -0.4 is 15.1 Å². The average molecular weight is 426 g/mol. The van der Waals surface area contributed by atoms with E-state index >= 15 is 0 Å². The van der Waals surface area contributed by atoms with Crippen LogP contribution in [0.4, 0.5) is 11.4 Å². The highest BCUT2D eigenvalue weighted by molar-refractivity contribution is 7.80. The average Bonchev–Trinajstić information content (AvgIpc) is 2.72. The van der Waals surface area contributed by atoms with Crippen LogP contribution in [0.3, 0.4) is 0 Å². The van der Waals surface area contributed by atoms with Gasteiger partial charge in [0, 0.05) is 23.8 Å². The number of carbonyl (C=O) groups is 2. The summed E-state index contributed by atoms with van der Waals surface area (Å²) >= 11 is 11.3. The monoisotopic (exact) mass is 425 g/mol. The van der Waals surface area contributed by atoms with E-state index in [1.54, 1.807) is 30.3 Å². The van der Waals surface area contributed by atoms with Crippen LogP contribution in [0.15, 0.2) is 54.1 Å². The summed E-state index contributed by atoms with van der Waals surface area (Å²) in [5.41, 5.74) is 2.49. The number of halogens is 1. The van der Waals surface area contributed by atoms with Crippen LogP contribution >= 0.6 is 23.8 Å². The van der Waals surface area contributed by atoms with Crippen molar-refractivity contribution in [3.05, 3.63) is 64.7 Å². The predicted molar refractivity (Wildman–Crippen MR) is 120 cm³/mol. The van der Waals surface area contributed by atoms with Gasteiger partial charge in [0.15, 0.2) is 5.11 Å². The third-order valence-electron chi connectivity index (χ3n) is 5.09. The lowest BCUT2D eigenvalue weighted by atomic mass is 10.1. The summed E-state index contributed by atoms with van der Waals surface area (Å²) in [5.74, 6) is -0.973. The molecule has 2 aromatic rings. The summed E-state index contributed by atoms with van der Waals surface area (Å²) in [7, 11) is 0. The molecule has 0 spiro atoms. The van der Waals surface area contributed by atoms with E-state index in [-0.39, 0.29) is 10.7 Å². The van der Waals surface area contributed by atoms with Crippen LogP contribution in [0.5, 0.6) is 0 Å². The second-order valence-electron chi connectivity index (χ2n) is 7.08. The highest BCUT2D eigenvalue weighted by Gasteiger charge is 2.34. The van der Waals surface area contributed by atoms with Crippen molar-refractivity contribution in [2.45, 2.75) is 19.3 Å². The first-order chi connectivity index (χ1) is 14.0. The fourth-order valence-electron chi connectivity index (χ4n) is 3.61. The Labute approximate surface area is 179 Å². The number of benzene rings is 2. The van der Waals surface area contributed by atoms with Gasteiger partial charge in [0.2, 0.25) is 0 Å². The maximum Gasteiger partial charge on any atom is 0.270 e. The van der Waals surface area contributed by atoms with E-state index in [2.05, 4.69) is 10.2 Å². The number of hydrogen-bond acceptors (Lipinski definition) is 4. The Kier molecular flexibility index (Phi) is 5.65. The number of rotatable bonds is 3. The van der Waals surface area contributed by atoms with Gasteiger partial charge in [0.25, 0.3) is 11.8 Å². The van der Waals surface area contributed by atoms with Crippen LogP contribution in [0.25, 0.3) is 6.08 Å². The minimum atomic E-state index is -0.501. The smallest absolute Gasteiger partial charge is 0.270 e. The molecule has 0 atom stereocenters.